The fraction of sp³-hybridized carbons (Fsp3) is 0.372. The van der Waals surface area contributed by atoms with Crippen LogP contribution in [-0.2, 0) is 4.74 Å². The number of anilines is 8. The zero-order valence-corrected chi connectivity index (χ0v) is 36.9. The van der Waals surface area contributed by atoms with E-state index in [-0.39, 0.29) is 41.1 Å². The Hall–Kier alpha value is -7.43. The highest BCUT2D eigenvalue weighted by atomic mass is 16.6. The number of hydrazine groups is 2. The molecular formula is C43H62N18O4. The number of aromatic nitrogens is 4. The fourth-order valence-corrected chi connectivity index (χ4v) is 7.12. The lowest BCUT2D eigenvalue weighted by molar-refractivity contribution is 0.0488. The predicted molar refractivity (Wildman–Crippen MR) is 253 cm³/mol. The van der Waals surface area contributed by atoms with Gasteiger partial charge in [0.05, 0.1) is 17.4 Å². The van der Waals surface area contributed by atoms with Gasteiger partial charge in [-0.2, -0.15) is 9.97 Å². The van der Waals surface area contributed by atoms with E-state index in [2.05, 4.69) is 46.5 Å². The number of benzene rings is 2. The van der Waals surface area contributed by atoms with Crippen molar-refractivity contribution in [2.75, 3.05) is 31.3 Å². The van der Waals surface area contributed by atoms with Crippen molar-refractivity contribution >= 4 is 64.2 Å². The molecule has 22 nitrogen and oxygen atoms in total. The summed E-state index contributed by atoms with van der Waals surface area (Å²) in [4.78, 5) is 53.6. The normalized spacial score (nSPS) is 18.4. The average molecular weight is 895 g/mol. The first kappa shape index (κ1) is 48.6. The highest BCUT2D eigenvalue weighted by Crippen LogP contribution is 2.27. The molecule has 2 heterocycles. The maximum atomic E-state index is 12.3. The molecule has 22 heteroatoms. The van der Waals surface area contributed by atoms with Gasteiger partial charge in [-0.15, -0.1) is 0 Å². The van der Waals surface area contributed by atoms with Crippen LogP contribution in [0, 0.1) is 0 Å². The second-order valence-corrected chi connectivity index (χ2v) is 16.5. The summed E-state index contributed by atoms with van der Waals surface area (Å²) >= 11 is 0. The van der Waals surface area contributed by atoms with Gasteiger partial charge in [0, 0.05) is 66.7 Å². The van der Waals surface area contributed by atoms with Gasteiger partial charge in [-0.05, 0) is 95.0 Å². The van der Waals surface area contributed by atoms with Gasteiger partial charge in [-0.1, -0.05) is 25.7 Å². The molecule has 2 aliphatic carbocycles. The standard InChI is InChI=1S/C24H35N9O3.C19H27N9O/c1-24(2,3)36-23(35)31-19-7-5-4-6-18(19)30-22-28-14-17(20(26)34)21(32-22)29-15-8-10-16(11-9-15)33(27)13-12-25;20-9-10-28(23)13-7-5-12(6-8-13)25-18-14(17(22)29)11-24-19(27-18)26-16-4-2-1-3-15(16)21/h8-14,18-19H,4-7,25,27H2,1-3H3,(H2,26,34)(H,31,35)(H2,28,29,30,32);5-11,15-16H,1-4,20-21,23H2,(H2,22,29)(H2,24,25,26,27)/b13-12-;10-9-/t18-,19+;15-,16+/m10/s1. The van der Waals surface area contributed by atoms with Gasteiger partial charge >= 0.3 is 6.09 Å². The fourth-order valence-electron chi connectivity index (χ4n) is 7.12. The minimum atomic E-state index is -0.663. The maximum absolute atomic E-state index is 12.3. The molecule has 3 amide bonds. The van der Waals surface area contributed by atoms with Gasteiger partial charge in [0.25, 0.3) is 11.8 Å². The first-order valence-electron chi connectivity index (χ1n) is 21.2. The van der Waals surface area contributed by atoms with Crippen LogP contribution in [0.15, 0.2) is 85.7 Å². The SMILES string of the molecule is CC(C)(C)OC(=O)N[C@H]1CCCC[C@H]1Nc1ncc(C(N)=O)c(Nc2ccc(N(N)/C=C\N)cc2)n1.N/C=C\N(N)c1ccc(Nc2nc(N[C@@H]3CCCC[C@@H]3N)ncc2C(N)=O)cc1. The van der Waals surface area contributed by atoms with Crippen LogP contribution in [0.5, 0.6) is 0 Å². The molecule has 19 N–H and O–H groups in total. The number of primary amides is 2. The highest BCUT2D eigenvalue weighted by molar-refractivity contribution is 5.98. The molecule has 65 heavy (non-hydrogen) atoms. The molecule has 6 rings (SSSR count). The largest absolute Gasteiger partial charge is 0.444 e. The number of nitrogens with zero attached hydrogens (tertiary/aromatic N) is 6. The van der Waals surface area contributed by atoms with Crippen LogP contribution >= 0.6 is 0 Å². The minimum Gasteiger partial charge on any atom is -0.444 e. The third-order valence-electron chi connectivity index (χ3n) is 10.4. The number of nitrogens with one attached hydrogen (secondary N) is 5. The summed E-state index contributed by atoms with van der Waals surface area (Å²) in [5, 5.41) is 18.5. The summed E-state index contributed by atoms with van der Waals surface area (Å²) < 4.78 is 5.41. The summed E-state index contributed by atoms with van der Waals surface area (Å²) in [6, 6.07) is 14.2. The molecule has 2 aromatic carbocycles. The van der Waals surface area contributed by atoms with Crippen molar-refractivity contribution < 1.29 is 19.1 Å². The van der Waals surface area contributed by atoms with Crippen LogP contribution in [-0.4, -0.2) is 67.6 Å². The van der Waals surface area contributed by atoms with Crippen molar-refractivity contribution in [3.63, 3.8) is 0 Å². The molecule has 0 bridgehead atoms. The van der Waals surface area contributed by atoms with Crippen molar-refractivity contribution in [1.82, 2.24) is 25.3 Å². The average Bonchev–Trinajstić information content (AvgIpc) is 3.25. The molecule has 2 saturated carbocycles. The first-order valence-corrected chi connectivity index (χ1v) is 21.2. The number of hydrogen-bond donors (Lipinski definition) is 12. The van der Waals surface area contributed by atoms with Crippen LogP contribution in [0.1, 0.15) is 92.9 Å². The predicted octanol–water partition coefficient (Wildman–Crippen LogP) is 3.79. The molecule has 0 radical (unpaired) electrons. The van der Waals surface area contributed by atoms with Gasteiger partial charge in [0.2, 0.25) is 11.9 Å². The van der Waals surface area contributed by atoms with Gasteiger partial charge in [-0.25, -0.2) is 26.4 Å². The second-order valence-electron chi connectivity index (χ2n) is 16.5. The lowest BCUT2D eigenvalue weighted by atomic mass is 9.90. The number of alkyl carbamates (subject to hydrolysis) is 1. The highest BCUT2D eigenvalue weighted by Gasteiger charge is 2.29. The summed E-state index contributed by atoms with van der Waals surface area (Å²) in [5.74, 6) is 11.7. The zero-order chi connectivity index (χ0) is 47.1. The number of hydrogen-bond acceptors (Lipinski definition) is 19. The first-order chi connectivity index (χ1) is 31.0. The van der Waals surface area contributed by atoms with E-state index in [4.69, 9.17) is 45.1 Å². The number of rotatable bonds is 15. The van der Waals surface area contributed by atoms with E-state index in [1.807, 2.05) is 20.8 Å². The second kappa shape index (κ2) is 22.8. The van der Waals surface area contributed by atoms with Gasteiger partial charge < -0.3 is 60.0 Å². The molecule has 348 valence electrons. The zero-order valence-electron chi connectivity index (χ0n) is 36.9. The van der Waals surface area contributed by atoms with Crippen LogP contribution in [0.3, 0.4) is 0 Å². The Balaban J connectivity index is 0.000000250. The Labute approximate surface area is 378 Å². The van der Waals surface area contributed by atoms with Crippen molar-refractivity contribution in [2.24, 2.45) is 40.4 Å². The van der Waals surface area contributed by atoms with Gasteiger partial charge in [-0.3, -0.25) is 19.6 Å². The monoisotopic (exact) mass is 895 g/mol. The van der Waals surface area contributed by atoms with Crippen LogP contribution < -0.4 is 77.0 Å². The number of carbonyl (C=O) groups excluding carboxylic acids is 3. The molecule has 4 atom stereocenters. The Bertz CT molecular complexity index is 2270. The number of carbonyl (C=O) groups is 3. The quantitative estimate of drug-likeness (QED) is 0.0596. The molecular weight excluding hydrogens is 833 g/mol. The third kappa shape index (κ3) is 14.6. The van der Waals surface area contributed by atoms with E-state index in [9.17, 15) is 14.4 Å². The topological polar surface area (TPSA) is 361 Å². The van der Waals surface area contributed by atoms with Crippen molar-refractivity contribution in [2.45, 2.75) is 102 Å². The summed E-state index contributed by atoms with van der Waals surface area (Å²) in [5.41, 5.74) is 30.5. The van der Waals surface area contributed by atoms with E-state index in [0.717, 1.165) is 57.1 Å². The van der Waals surface area contributed by atoms with E-state index >= 15 is 0 Å². The van der Waals surface area contributed by atoms with E-state index < -0.39 is 23.5 Å². The lowest BCUT2D eigenvalue weighted by Gasteiger charge is -2.33. The van der Waals surface area contributed by atoms with Gasteiger partial charge in [0.15, 0.2) is 0 Å². The summed E-state index contributed by atoms with van der Waals surface area (Å²) in [7, 11) is 0. The van der Waals surface area contributed by atoms with Crippen LogP contribution in [0.25, 0.3) is 0 Å². The molecule has 0 unspecified atom stereocenters. The Morgan fingerprint density at radius 2 is 1.08 bits per heavy atom. The Morgan fingerprint density at radius 3 is 1.49 bits per heavy atom. The molecule has 2 aromatic heterocycles. The smallest absolute Gasteiger partial charge is 0.407 e. The number of amides is 3. The molecule has 2 fully saturated rings. The Morgan fingerprint density at radius 1 is 0.662 bits per heavy atom. The number of nitrogens with two attached hydrogens (primary N) is 7. The molecule has 2 aliphatic rings. The van der Waals surface area contributed by atoms with Crippen molar-refractivity contribution in [3.05, 3.63) is 96.9 Å². The molecule has 0 saturated heterocycles. The molecule has 0 spiro atoms. The molecule has 0 aliphatic heterocycles. The van der Waals surface area contributed by atoms with Crippen LogP contribution in [0.4, 0.5) is 51.1 Å². The van der Waals surface area contributed by atoms with Crippen molar-refractivity contribution in [3.8, 4) is 0 Å². The lowest BCUT2D eigenvalue weighted by Crippen LogP contribution is -2.50. The molecule has 4 aromatic rings. The minimum absolute atomic E-state index is 0.0499. The van der Waals surface area contributed by atoms with Gasteiger partial charge in [0.1, 0.15) is 28.4 Å². The van der Waals surface area contributed by atoms with Crippen LogP contribution in [0.2, 0.25) is 0 Å². The Kier molecular flexibility index (Phi) is 17.0. The maximum Gasteiger partial charge on any atom is 0.407 e. The third-order valence-corrected chi connectivity index (χ3v) is 10.4. The summed E-state index contributed by atoms with van der Waals surface area (Å²) in [6.45, 7) is 5.47. The number of ether oxygens (including phenoxy) is 1. The van der Waals surface area contributed by atoms with E-state index in [1.165, 1.54) is 47.2 Å². The van der Waals surface area contributed by atoms with Crippen molar-refractivity contribution in [1.29, 1.82) is 0 Å². The summed E-state index contributed by atoms with van der Waals surface area (Å²) in [6.07, 6.45) is 15.8. The van der Waals surface area contributed by atoms with E-state index in [0.29, 0.717) is 34.8 Å². The van der Waals surface area contributed by atoms with E-state index in [1.54, 1.807) is 48.5 Å².